The summed E-state index contributed by atoms with van der Waals surface area (Å²) in [6.45, 7) is 3.29. The molecule has 2 unspecified atom stereocenters. The minimum Gasteiger partial charge on any atom is -0.479 e. The molecule has 17 heavy (non-hydrogen) atoms. The Morgan fingerprint density at radius 2 is 2.24 bits per heavy atom. The molecule has 2 atom stereocenters. The number of likely N-dealkylation sites (tertiary alicyclic amines) is 1. The maximum absolute atomic E-state index is 12.3. The number of carboxylic acids is 1. The Morgan fingerprint density at radius 3 is 2.76 bits per heavy atom. The topological polar surface area (TPSA) is 69.6 Å². The molecule has 2 saturated heterocycles. The number of carbonyl (C=O) groups is 2. The third-order valence-corrected chi connectivity index (χ3v) is 4.10. The number of nitrogens with one attached hydrogen (secondary N) is 1. The number of amides is 1. The third-order valence-electron chi connectivity index (χ3n) is 4.10. The van der Waals surface area contributed by atoms with Crippen LogP contribution in [0.5, 0.6) is 0 Å². The van der Waals surface area contributed by atoms with Gasteiger partial charge in [-0.3, -0.25) is 4.79 Å². The lowest BCUT2D eigenvalue weighted by Crippen LogP contribution is -2.56. The van der Waals surface area contributed by atoms with E-state index in [0.717, 1.165) is 25.8 Å². The Balaban J connectivity index is 2.18. The number of nitrogens with zero attached hydrogens (tertiary/aromatic N) is 1. The average molecular weight is 240 g/mol. The van der Waals surface area contributed by atoms with Crippen LogP contribution in [-0.4, -0.2) is 46.6 Å². The zero-order valence-electron chi connectivity index (χ0n) is 10.2. The minimum atomic E-state index is -0.957. The van der Waals surface area contributed by atoms with E-state index in [-0.39, 0.29) is 11.9 Å². The smallest absolute Gasteiger partial charge is 0.329 e. The van der Waals surface area contributed by atoms with Crippen molar-refractivity contribution in [3.8, 4) is 0 Å². The van der Waals surface area contributed by atoms with Crippen molar-refractivity contribution in [1.82, 2.24) is 10.2 Å². The zero-order chi connectivity index (χ0) is 12.5. The lowest BCUT2D eigenvalue weighted by molar-refractivity contribution is -0.157. The Bertz CT molecular complexity index is 326. The summed E-state index contributed by atoms with van der Waals surface area (Å²) in [6, 6.07) is -0.168. The summed E-state index contributed by atoms with van der Waals surface area (Å²) in [5.41, 5.74) is -0.957. The standard InChI is InChI=1S/C12H20N2O3/c1-2-12(11(16)17)6-4-8-14(12)10(15)9-5-3-7-13-9/h9,13H,2-8H2,1H3,(H,16,17). The second-order valence-electron chi connectivity index (χ2n) is 4.93. The van der Waals surface area contributed by atoms with Crippen molar-refractivity contribution in [3.05, 3.63) is 0 Å². The number of hydrogen-bond donors (Lipinski definition) is 2. The Kier molecular flexibility index (Phi) is 3.38. The number of aliphatic carboxylic acids is 1. The molecule has 2 fully saturated rings. The van der Waals surface area contributed by atoms with Crippen molar-refractivity contribution in [1.29, 1.82) is 0 Å². The molecule has 2 rings (SSSR count). The van der Waals surface area contributed by atoms with Gasteiger partial charge in [0.05, 0.1) is 6.04 Å². The maximum Gasteiger partial charge on any atom is 0.329 e. The highest BCUT2D eigenvalue weighted by atomic mass is 16.4. The number of hydrogen-bond acceptors (Lipinski definition) is 3. The quantitative estimate of drug-likeness (QED) is 0.757. The summed E-state index contributed by atoms with van der Waals surface area (Å²) in [4.78, 5) is 25.4. The molecular weight excluding hydrogens is 220 g/mol. The summed E-state index contributed by atoms with van der Waals surface area (Å²) in [5.74, 6) is -0.881. The predicted molar refractivity (Wildman–Crippen MR) is 62.6 cm³/mol. The second-order valence-corrected chi connectivity index (χ2v) is 4.93. The molecule has 2 aliphatic heterocycles. The van der Waals surface area contributed by atoms with Crippen molar-refractivity contribution in [2.75, 3.05) is 13.1 Å². The van der Waals surface area contributed by atoms with Crippen LogP contribution in [0.2, 0.25) is 0 Å². The van der Waals surface area contributed by atoms with Crippen LogP contribution in [0.4, 0.5) is 0 Å². The van der Waals surface area contributed by atoms with E-state index in [1.54, 1.807) is 4.90 Å². The SMILES string of the molecule is CCC1(C(=O)O)CCCN1C(=O)C1CCCN1. The van der Waals surface area contributed by atoms with E-state index in [1.165, 1.54) is 0 Å². The van der Waals surface area contributed by atoms with Crippen LogP contribution in [0.1, 0.15) is 39.0 Å². The lowest BCUT2D eigenvalue weighted by atomic mass is 9.92. The normalized spacial score (nSPS) is 33.0. The monoisotopic (exact) mass is 240 g/mol. The van der Waals surface area contributed by atoms with Gasteiger partial charge >= 0.3 is 5.97 Å². The van der Waals surface area contributed by atoms with Crippen molar-refractivity contribution < 1.29 is 14.7 Å². The van der Waals surface area contributed by atoms with E-state index in [9.17, 15) is 14.7 Å². The summed E-state index contributed by atoms with van der Waals surface area (Å²) >= 11 is 0. The first-order chi connectivity index (χ1) is 8.12. The van der Waals surface area contributed by atoms with Crippen molar-refractivity contribution in [2.24, 2.45) is 0 Å². The first kappa shape index (κ1) is 12.4. The van der Waals surface area contributed by atoms with Gasteiger partial charge in [0.2, 0.25) is 5.91 Å². The molecule has 0 aromatic heterocycles. The Hall–Kier alpha value is -1.10. The van der Waals surface area contributed by atoms with E-state index in [4.69, 9.17) is 0 Å². The van der Waals surface area contributed by atoms with Crippen LogP contribution >= 0.6 is 0 Å². The molecule has 2 aliphatic rings. The molecule has 1 amide bonds. The van der Waals surface area contributed by atoms with Gasteiger partial charge in [0.25, 0.3) is 0 Å². The predicted octanol–water partition coefficient (Wildman–Crippen LogP) is 0.594. The summed E-state index contributed by atoms with van der Waals surface area (Å²) in [5, 5.41) is 12.6. The van der Waals surface area contributed by atoms with E-state index < -0.39 is 11.5 Å². The largest absolute Gasteiger partial charge is 0.479 e. The number of carbonyl (C=O) groups excluding carboxylic acids is 1. The van der Waals surface area contributed by atoms with Gasteiger partial charge in [-0.2, -0.15) is 0 Å². The third kappa shape index (κ3) is 1.92. The molecule has 0 bridgehead atoms. The van der Waals surface area contributed by atoms with Crippen LogP contribution in [0.25, 0.3) is 0 Å². The minimum absolute atomic E-state index is 0.0238. The highest BCUT2D eigenvalue weighted by Crippen LogP contribution is 2.33. The fourth-order valence-electron chi connectivity index (χ4n) is 3.02. The zero-order valence-corrected chi connectivity index (χ0v) is 10.2. The van der Waals surface area contributed by atoms with Gasteiger partial charge in [0, 0.05) is 6.54 Å². The molecule has 2 N–H and O–H groups in total. The molecule has 0 aromatic rings. The summed E-state index contributed by atoms with van der Waals surface area (Å²) < 4.78 is 0. The van der Waals surface area contributed by atoms with Gasteiger partial charge in [-0.25, -0.2) is 4.79 Å². The molecule has 5 heteroatoms. The highest BCUT2D eigenvalue weighted by Gasteiger charge is 2.49. The Morgan fingerprint density at radius 1 is 1.47 bits per heavy atom. The molecule has 96 valence electrons. The molecule has 0 saturated carbocycles. The van der Waals surface area contributed by atoms with Gasteiger partial charge in [-0.15, -0.1) is 0 Å². The maximum atomic E-state index is 12.3. The fourth-order valence-corrected chi connectivity index (χ4v) is 3.02. The van der Waals surface area contributed by atoms with Gasteiger partial charge in [0.1, 0.15) is 5.54 Å². The number of rotatable bonds is 3. The van der Waals surface area contributed by atoms with Gasteiger partial charge in [-0.1, -0.05) is 6.92 Å². The fraction of sp³-hybridized carbons (Fsp3) is 0.833. The van der Waals surface area contributed by atoms with Crippen LogP contribution in [-0.2, 0) is 9.59 Å². The molecule has 0 aromatic carbocycles. The first-order valence-corrected chi connectivity index (χ1v) is 6.40. The Labute approximate surface area is 101 Å². The van der Waals surface area contributed by atoms with E-state index >= 15 is 0 Å². The molecule has 0 aliphatic carbocycles. The van der Waals surface area contributed by atoms with Crippen LogP contribution < -0.4 is 5.32 Å². The van der Waals surface area contributed by atoms with Crippen molar-refractivity contribution in [2.45, 2.75) is 50.6 Å². The van der Waals surface area contributed by atoms with Crippen LogP contribution in [0.15, 0.2) is 0 Å². The van der Waals surface area contributed by atoms with Gasteiger partial charge in [0.15, 0.2) is 0 Å². The molecular formula is C12H20N2O3. The van der Waals surface area contributed by atoms with Gasteiger partial charge < -0.3 is 15.3 Å². The lowest BCUT2D eigenvalue weighted by Gasteiger charge is -2.35. The van der Waals surface area contributed by atoms with Crippen LogP contribution in [0, 0.1) is 0 Å². The van der Waals surface area contributed by atoms with E-state index in [1.807, 2.05) is 6.92 Å². The van der Waals surface area contributed by atoms with E-state index in [0.29, 0.717) is 19.4 Å². The van der Waals surface area contributed by atoms with Crippen molar-refractivity contribution in [3.63, 3.8) is 0 Å². The molecule has 0 radical (unpaired) electrons. The molecule has 2 heterocycles. The van der Waals surface area contributed by atoms with Gasteiger partial charge in [-0.05, 0) is 38.6 Å². The first-order valence-electron chi connectivity index (χ1n) is 6.40. The van der Waals surface area contributed by atoms with Crippen LogP contribution in [0.3, 0.4) is 0 Å². The van der Waals surface area contributed by atoms with Crippen molar-refractivity contribution >= 4 is 11.9 Å². The summed E-state index contributed by atoms with van der Waals surface area (Å²) in [7, 11) is 0. The molecule has 0 spiro atoms. The average Bonchev–Trinajstić information content (AvgIpc) is 2.97. The summed E-state index contributed by atoms with van der Waals surface area (Å²) in [6.07, 6.45) is 3.68. The highest BCUT2D eigenvalue weighted by molar-refractivity contribution is 5.90. The second kappa shape index (κ2) is 4.64. The number of carboxylic acid groups (broad SMARTS) is 1. The molecule has 5 nitrogen and oxygen atoms in total. The van der Waals surface area contributed by atoms with E-state index in [2.05, 4.69) is 5.32 Å².